The van der Waals surface area contributed by atoms with E-state index in [1.54, 1.807) is 58.8 Å². The number of thioether (sulfide) groups is 1. The summed E-state index contributed by atoms with van der Waals surface area (Å²) in [6.07, 6.45) is 7.57. The molecule has 5 heterocycles. The molecule has 182 valence electrons. The number of nitrogens with one attached hydrogen (secondary N) is 1. The Labute approximate surface area is 214 Å². The zero-order valence-electron chi connectivity index (χ0n) is 20.3. The van der Waals surface area contributed by atoms with Crippen molar-refractivity contribution in [1.29, 1.82) is 0 Å². The fourth-order valence-corrected chi connectivity index (χ4v) is 6.47. The van der Waals surface area contributed by atoms with E-state index in [0.717, 1.165) is 38.0 Å². The van der Waals surface area contributed by atoms with E-state index in [-0.39, 0.29) is 17.1 Å². The van der Waals surface area contributed by atoms with Crippen molar-refractivity contribution in [3.63, 3.8) is 0 Å². The van der Waals surface area contributed by atoms with Gasteiger partial charge < -0.3 is 15.2 Å². The average molecular weight is 509 g/mol. The largest absolute Gasteiger partial charge is 0.508 e. The third-order valence-corrected chi connectivity index (χ3v) is 8.02. The maximum absolute atomic E-state index is 14.6. The van der Waals surface area contributed by atoms with Crippen LogP contribution >= 0.6 is 11.8 Å². The van der Waals surface area contributed by atoms with Crippen molar-refractivity contribution < 1.29 is 14.8 Å². The number of hydrogen-bond donors (Lipinski definition) is 3. The molecule has 0 spiro atoms. The molecule has 0 unspecified atom stereocenters. The van der Waals surface area contributed by atoms with Gasteiger partial charge in [0.05, 0.1) is 36.3 Å². The highest BCUT2D eigenvalue weighted by molar-refractivity contribution is 7.98. The summed E-state index contributed by atoms with van der Waals surface area (Å²) in [5.41, 5.74) is 5.52. The second kappa shape index (κ2) is 7.50. The number of aromatic nitrogens is 5. The molecular weight excluding hydrogens is 486 g/mol. The number of fused-ring (bicyclic) bond motifs is 4. The Hall–Kier alpha value is -4.50. The molecule has 8 nitrogen and oxygen atoms in total. The third-order valence-electron chi connectivity index (χ3n) is 7.15. The lowest BCUT2D eigenvalue weighted by Crippen LogP contribution is -2.27. The van der Waals surface area contributed by atoms with Crippen LogP contribution in [0.5, 0.6) is 11.5 Å². The van der Waals surface area contributed by atoms with E-state index in [1.165, 1.54) is 0 Å². The summed E-state index contributed by atoms with van der Waals surface area (Å²) in [5.74, 6) is 0.257. The first-order valence-electron chi connectivity index (χ1n) is 11.7. The molecule has 0 saturated carbocycles. The summed E-state index contributed by atoms with van der Waals surface area (Å²) in [7, 11) is 3.95. The molecule has 3 N–H and O–H groups in total. The van der Waals surface area contributed by atoms with Crippen LogP contribution in [0.15, 0.2) is 71.0 Å². The summed E-state index contributed by atoms with van der Waals surface area (Å²) < 4.78 is 5.76. The zero-order valence-corrected chi connectivity index (χ0v) is 21.1. The molecule has 0 saturated heterocycles. The molecule has 0 atom stereocenters. The number of phenolic OH excluding ortho intramolecular Hbond substituents is 2. The van der Waals surface area contributed by atoms with Crippen LogP contribution in [0.3, 0.4) is 0 Å². The molecule has 0 fully saturated rings. The Morgan fingerprint density at radius 3 is 2.54 bits per heavy atom. The molecule has 0 bridgehead atoms. The Balaban J connectivity index is 1.79. The van der Waals surface area contributed by atoms with Crippen molar-refractivity contribution in [1.82, 2.24) is 18.9 Å². The number of H-pyrrole nitrogens is 1. The highest BCUT2D eigenvalue weighted by Gasteiger charge is 2.31. The first kappa shape index (κ1) is 21.8. The smallest absolute Gasteiger partial charge is 0.264 e. The van der Waals surface area contributed by atoms with E-state index in [2.05, 4.69) is 4.98 Å². The van der Waals surface area contributed by atoms with Crippen molar-refractivity contribution in [3.8, 4) is 33.9 Å². The van der Waals surface area contributed by atoms with Crippen molar-refractivity contribution in [2.24, 2.45) is 14.1 Å². The first-order chi connectivity index (χ1) is 17.9. The van der Waals surface area contributed by atoms with Crippen molar-refractivity contribution >= 4 is 50.0 Å². The predicted octanol–water partition coefficient (Wildman–Crippen LogP) is 4.55. The van der Waals surface area contributed by atoms with E-state index in [4.69, 9.17) is 4.98 Å². The Morgan fingerprint density at radius 2 is 1.76 bits per heavy atom. The van der Waals surface area contributed by atoms with E-state index in [1.807, 2.05) is 48.1 Å². The molecule has 7 aromatic rings. The fraction of sp³-hybridized carbons (Fsp3) is 0.107. The molecule has 0 aliphatic carbocycles. The Kier molecular flexibility index (Phi) is 4.41. The van der Waals surface area contributed by atoms with E-state index < -0.39 is 0 Å². The topological polar surface area (TPSA) is 99.4 Å². The van der Waals surface area contributed by atoms with Gasteiger partial charge in [-0.3, -0.25) is 14.2 Å². The van der Waals surface area contributed by atoms with Crippen LogP contribution in [0.1, 0.15) is 0 Å². The van der Waals surface area contributed by atoms with Gasteiger partial charge in [0.1, 0.15) is 17.0 Å². The number of benzene rings is 2. The molecule has 7 rings (SSSR count). The van der Waals surface area contributed by atoms with Crippen LogP contribution in [0.2, 0.25) is 0 Å². The SMILES string of the molecule is CSc1c(-c2c(-c3c[nH]c4ccc(O)cc34)c(=O)n3c4ccc(O)cc4c4ccnc2c43)n(C)c[n+]1C. The molecule has 9 heteroatoms. The van der Waals surface area contributed by atoms with E-state index in [9.17, 15) is 15.0 Å². The number of hydrogen-bond acceptors (Lipinski definition) is 5. The van der Waals surface area contributed by atoms with Gasteiger partial charge >= 0.3 is 0 Å². The summed E-state index contributed by atoms with van der Waals surface area (Å²) in [5, 5.41) is 23.9. The lowest BCUT2D eigenvalue weighted by atomic mass is 9.96. The van der Waals surface area contributed by atoms with Crippen molar-refractivity contribution in [3.05, 3.63) is 71.5 Å². The second-order valence-corrected chi connectivity index (χ2v) is 10.1. The number of rotatable bonds is 3. The van der Waals surface area contributed by atoms with Crippen molar-refractivity contribution in [2.75, 3.05) is 6.26 Å². The molecular formula is C28H22N5O3S+. The summed E-state index contributed by atoms with van der Waals surface area (Å²) in [6.45, 7) is 0. The molecule has 0 amide bonds. The number of aryl methyl sites for hydroxylation is 2. The first-order valence-corrected chi connectivity index (χ1v) is 12.9. The van der Waals surface area contributed by atoms with Gasteiger partial charge in [0.15, 0.2) is 5.69 Å². The summed E-state index contributed by atoms with van der Waals surface area (Å²) in [4.78, 5) is 22.7. The minimum atomic E-state index is -0.193. The van der Waals surface area contributed by atoms with E-state index >= 15 is 0 Å². The number of imidazole rings is 1. The lowest BCUT2D eigenvalue weighted by Gasteiger charge is -2.12. The highest BCUT2D eigenvalue weighted by Crippen LogP contribution is 2.43. The second-order valence-electron chi connectivity index (χ2n) is 9.28. The van der Waals surface area contributed by atoms with Crippen LogP contribution in [0, 0.1) is 0 Å². The fourth-order valence-electron chi connectivity index (χ4n) is 5.69. The summed E-state index contributed by atoms with van der Waals surface area (Å²) in [6, 6.07) is 12.0. The lowest BCUT2D eigenvalue weighted by molar-refractivity contribution is -0.706. The minimum absolute atomic E-state index is 0.122. The van der Waals surface area contributed by atoms with Crippen LogP contribution < -0.4 is 10.1 Å². The normalized spacial score (nSPS) is 12.1. The van der Waals surface area contributed by atoms with Crippen molar-refractivity contribution in [2.45, 2.75) is 5.03 Å². The van der Waals surface area contributed by atoms with Crippen LogP contribution in [0.4, 0.5) is 0 Å². The Morgan fingerprint density at radius 1 is 1.00 bits per heavy atom. The molecule has 0 aliphatic rings. The van der Waals surface area contributed by atoms with Gasteiger partial charge in [0.2, 0.25) is 11.4 Å². The maximum Gasteiger partial charge on any atom is 0.264 e. The molecule has 0 radical (unpaired) electrons. The zero-order chi connectivity index (χ0) is 25.6. The number of phenols is 2. The van der Waals surface area contributed by atoms with Crippen LogP contribution in [-0.2, 0) is 14.1 Å². The van der Waals surface area contributed by atoms with Gasteiger partial charge in [-0.05, 0) is 48.7 Å². The molecule has 5 aromatic heterocycles. The predicted molar refractivity (Wildman–Crippen MR) is 146 cm³/mol. The van der Waals surface area contributed by atoms with Crippen LogP contribution in [0.25, 0.3) is 60.6 Å². The van der Waals surface area contributed by atoms with Gasteiger partial charge in [0.25, 0.3) is 5.56 Å². The number of nitrogens with zero attached hydrogens (tertiary/aromatic N) is 4. The van der Waals surface area contributed by atoms with Gasteiger partial charge in [-0.15, -0.1) is 0 Å². The monoisotopic (exact) mass is 508 g/mol. The van der Waals surface area contributed by atoms with Gasteiger partial charge in [-0.25, -0.2) is 9.13 Å². The Bertz CT molecular complexity index is 2100. The highest BCUT2D eigenvalue weighted by atomic mass is 32.2. The van der Waals surface area contributed by atoms with Gasteiger partial charge in [-0.2, -0.15) is 0 Å². The number of aromatic amines is 1. The molecule has 2 aromatic carbocycles. The van der Waals surface area contributed by atoms with Gasteiger partial charge in [-0.1, -0.05) is 11.8 Å². The molecule has 0 aliphatic heterocycles. The minimum Gasteiger partial charge on any atom is -0.508 e. The number of pyridine rings is 2. The maximum atomic E-state index is 14.6. The van der Waals surface area contributed by atoms with Crippen LogP contribution in [-0.4, -0.2) is 35.4 Å². The molecule has 37 heavy (non-hydrogen) atoms. The average Bonchev–Trinajstić information content (AvgIpc) is 3.52. The number of aromatic hydroxyl groups is 2. The van der Waals surface area contributed by atoms with Gasteiger partial charge in [0, 0.05) is 39.6 Å². The standard InChI is InChI=1S/C28H21N5O3S/c1-31-13-32(2)28(37-3)26(31)23-22(19-12-30-20-6-4-14(34)10-17(19)20)27(36)33-21-7-5-15(35)11-18(21)16-8-9-29-24(23)25(16)33/h4-13H,1-3H3,(H2-,29,30,34,35,36)/p+1. The summed E-state index contributed by atoms with van der Waals surface area (Å²) >= 11 is 1.60. The third kappa shape index (κ3) is 2.83. The quantitative estimate of drug-likeness (QED) is 0.240. The van der Waals surface area contributed by atoms with E-state index in [0.29, 0.717) is 27.7 Å².